The van der Waals surface area contributed by atoms with Gasteiger partial charge in [0.2, 0.25) is 0 Å². The molecule has 106 valence electrons. The number of hydrogen-bond acceptors (Lipinski definition) is 2. The summed E-state index contributed by atoms with van der Waals surface area (Å²) in [5, 5.41) is 11.0. The quantitative estimate of drug-likeness (QED) is 0.743. The number of fused-ring (bicyclic) bond motifs is 2. The summed E-state index contributed by atoms with van der Waals surface area (Å²) >= 11 is 5.96. The van der Waals surface area contributed by atoms with Gasteiger partial charge in [0.15, 0.2) is 0 Å². The largest absolute Gasteiger partial charge is 0.382 e. The molecule has 3 heteroatoms. The summed E-state index contributed by atoms with van der Waals surface area (Å²) in [5.41, 5.74) is 3.39. The van der Waals surface area contributed by atoms with E-state index in [2.05, 4.69) is 4.98 Å². The fraction of sp³-hybridized carbons (Fsp3) is 0.235. The SMILES string of the molecule is C.CC.OC1c2ccc(Cl)cc2C=Cc2cccnc21. The molecule has 0 radical (unpaired) electrons. The first-order chi connectivity index (χ1) is 9.25. The van der Waals surface area contributed by atoms with E-state index in [0.717, 1.165) is 16.7 Å². The summed E-state index contributed by atoms with van der Waals surface area (Å²) in [4.78, 5) is 4.25. The minimum absolute atomic E-state index is 0. The van der Waals surface area contributed by atoms with E-state index in [1.54, 1.807) is 12.3 Å². The summed E-state index contributed by atoms with van der Waals surface area (Å²) in [5.74, 6) is 0. The number of benzene rings is 1. The first-order valence-corrected chi connectivity index (χ1v) is 6.74. The van der Waals surface area contributed by atoms with E-state index >= 15 is 0 Å². The lowest BCUT2D eigenvalue weighted by Gasteiger charge is -2.13. The first-order valence-electron chi connectivity index (χ1n) is 6.36. The van der Waals surface area contributed by atoms with Crippen LogP contribution in [0.4, 0.5) is 0 Å². The Labute approximate surface area is 125 Å². The third kappa shape index (κ3) is 3.09. The second-order valence-electron chi connectivity index (χ2n) is 3.99. The number of aliphatic hydroxyl groups is 1. The molecule has 1 aromatic carbocycles. The van der Waals surface area contributed by atoms with Crippen LogP contribution < -0.4 is 0 Å². The number of pyridine rings is 1. The van der Waals surface area contributed by atoms with Crippen molar-refractivity contribution in [2.24, 2.45) is 0 Å². The van der Waals surface area contributed by atoms with E-state index in [0.29, 0.717) is 10.7 Å². The van der Waals surface area contributed by atoms with Gasteiger partial charge in [0, 0.05) is 11.2 Å². The Kier molecular flexibility index (Phi) is 5.93. The van der Waals surface area contributed by atoms with Gasteiger partial charge in [0.05, 0.1) is 5.69 Å². The predicted molar refractivity (Wildman–Crippen MR) is 86.8 cm³/mol. The van der Waals surface area contributed by atoms with Crippen LogP contribution in [0.15, 0.2) is 36.5 Å². The van der Waals surface area contributed by atoms with E-state index in [1.807, 2.05) is 50.3 Å². The van der Waals surface area contributed by atoms with Gasteiger partial charge < -0.3 is 5.11 Å². The molecule has 20 heavy (non-hydrogen) atoms. The molecule has 0 saturated carbocycles. The summed E-state index contributed by atoms with van der Waals surface area (Å²) in [6, 6.07) is 9.28. The van der Waals surface area contributed by atoms with Gasteiger partial charge in [-0.25, -0.2) is 0 Å². The number of nitrogens with zero attached hydrogens (tertiary/aromatic N) is 1. The Hall–Kier alpha value is -1.64. The van der Waals surface area contributed by atoms with Crippen LogP contribution >= 0.6 is 11.6 Å². The summed E-state index contributed by atoms with van der Waals surface area (Å²) in [7, 11) is 0. The van der Waals surface area contributed by atoms with Gasteiger partial charge in [0.25, 0.3) is 0 Å². The number of aromatic nitrogens is 1. The van der Waals surface area contributed by atoms with Crippen LogP contribution in [-0.2, 0) is 0 Å². The average molecular weight is 290 g/mol. The van der Waals surface area contributed by atoms with Crippen molar-refractivity contribution in [2.75, 3.05) is 0 Å². The van der Waals surface area contributed by atoms with Gasteiger partial charge in [0.1, 0.15) is 6.10 Å². The zero-order chi connectivity index (χ0) is 13.8. The van der Waals surface area contributed by atoms with E-state index in [4.69, 9.17) is 11.6 Å². The van der Waals surface area contributed by atoms with Crippen LogP contribution in [0.1, 0.15) is 49.8 Å². The number of halogens is 1. The highest BCUT2D eigenvalue weighted by Gasteiger charge is 2.19. The van der Waals surface area contributed by atoms with Crippen LogP contribution in [-0.4, -0.2) is 10.1 Å². The average Bonchev–Trinajstić information content (AvgIpc) is 2.59. The lowest BCUT2D eigenvalue weighted by molar-refractivity contribution is 0.215. The lowest BCUT2D eigenvalue weighted by Crippen LogP contribution is -2.04. The summed E-state index contributed by atoms with van der Waals surface area (Å²) in [6.07, 6.45) is 4.90. The van der Waals surface area contributed by atoms with Crippen molar-refractivity contribution in [3.8, 4) is 0 Å². The molecular weight excluding hydrogens is 270 g/mol. The van der Waals surface area contributed by atoms with E-state index < -0.39 is 6.10 Å². The molecule has 0 fully saturated rings. The van der Waals surface area contributed by atoms with Gasteiger partial charge in [-0.15, -0.1) is 0 Å². The van der Waals surface area contributed by atoms with Crippen molar-refractivity contribution in [1.29, 1.82) is 0 Å². The van der Waals surface area contributed by atoms with E-state index in [1.165, 1.54) is 0 Å². The molecule has 0 spiro atoms. The molecule has 0 aliphatic heterocycles. The van der Waals surface area contributed by atoms with Crippen LogP contribution in [0, 0.1) is 0 Å². The van der Waals surface area contributed by atoms with Gasteiger partial charge in [-0.3, -0.25) is 4.98 Å². The minimum atomic E-state index is -0.700. The smallest absolute Gasteiger partial charge is 0.122 e. The molecule has 0 amide bonds. The maximum Gasteiger partial charge on any atom is 0.122 e. The normalized spacial score (nSPS) is 14.9. The van der Waals surface area contributed by atoms with Crippen LogP contribution in [0.3, 0.4) is 0 Å². The molecule has 1 atom stereocenters. The van der Waals surface area contributed by atoms with Gasteiger partial charge in [-0.1, -0.05) is 57.2 Å². The molecule has 1 unspecified atom stereocenters. The highest BCUT2D eigenvalue weighted by molar-refractivity contribution is 6.30. The zero-order valence-corrected chi connectivity index (χ0v) is 11.7. The Morgan fingerprint density at radius 3 is 2.55 bits per heavy atom. The third-order valence-corrected chi connectivity index (χ3v) is 3.15. The van der Waals surface area contributed by atoms with Crippen molar-refractivity contribution in [2.45, 2.75) is 27.4 Å². The number of aliphatic hydroxyl groups excluding tert-OH is 1. The maximum atomic E-state index is 10.3. The predicted octanol–water partition coefficient (Wildman–Crippen LogP) is 4.96. The zero-order valence-electron chi connectivity index (χ0n) is 11.0. The molecule has 2 aromatic rings. The maximum absolute atomic E-state index is 10.3. The van der Waals surface area contributed by atoms with Crippen LogP contribution in [0.2, 0.25) is 5.02 Å². The van der Waals surface area contributed by atoms with Gasteiger partial charge >= 0.3 is 0 Å². The van der Waals surface area contributed by atoms with Crippen molar-refractivity contribution in [3.63, 3.8) is 0 Å². The topological polar surface area (TPSA) is 33.1 Å². The standard InChI is InChI=1S/C14H10ClNO.C2H6.CH4/c15-11-5-6-12-10(8-11)4-3-9-2-1-7-16-13(9)14(12)17;1-2;/h1-8,14,17H;1-2H3;1H4. The highest BCUT2D eigenvalue weighted by atomic mass is 35.5. The molecule has 0 saturated heterocycles. The Morgan fingerprint density at radius 2 is 1.80 bits per heavy atom. The van der Waals surface area contributed by atoms with Crippen molar-refractivity contribution in [3.05, 3.63) is 63.9 Å². The second kappa shape index (κ2) is 7.22. The molecule has 1 aliphatic carbocycles. The summed E-state index contributed by atoms with van der Waals surface area (Å²) in [6.45, 7) is 4.00. The van der Waals surface area contributed by atoms with Crippen molar-refractivity contribution >= 4 is 23.8 Å². The molecule has 1 aromatic heterocycles. The Bertz CT molecular complexity index is 608. The fourth-order valence-electron chi connectivity index (χ4n) is 2.07. The van der Waals surface area contributed by atoms with Crippen molar-refractivity contribution in [1.82, 2.24) is 4.98 Å². The second-order valence-corrected chi connectivity index (χ2v) is 4.42. The number of hydrogen-bond donors (Lipinski definition) is 1. The fourth-order valence-corrected chi connectivity index (χ4v) is 2.25. The molecule has 0 bridgehead atoms. The minimum Gasteiger partial charge on any atom is -0.382 e. The summed E-state index contributed by atoms with van der Waals surface area (Å²) < 4.78 is 0. The molecule has 3 rings (SSSR count). The third-order valence-electron chi connectivity index (χ3n) is 2.92. The number of rotatable bonds is 0. The Balaban J connectivity index is 0.000000639. The monoisotopic (exact) mass is 289 g/mol. The van der Waals surface area contributed by atoms with Crippen LogP contribution in [0.25, 0.3) is 12.2 Å². The van der Waals surface area contributed by atoms with Crippen molar-refractivity contribution < 1.29 is 5.11 Å². The van der Waals surface area contributed by atoms with Gasteiger partial charge in [-0.05, 0) is 34.9 Å². The Morgan fingerprint density at radius 1 is 1.10 bits per heavy atom. The molecule has 2 nitrogen and oxygen atoms in total. The lowest BCUT2D eigenvalue weighted by atomic mass is 10.0. The molecule has 1 N–H and O–H groups in total. The molecule has 1 aliphatic rings. The van der Waals surface area contributed by atoms with E-state index in [-0.39, 0.29) is 7.43 Å². The van der Waals surface area contributed by atoms with Crippen LogP contribution in [0.5, 0.6) is 0 Å². The molecular formula is C17H20ClNO. The first kappa shape index (κ1) is 16.4. The van der Waals surface area contributed by atoms with E-state index in [9.17, 15) is 5.11 Å². The van der Waals surface area contributed by atoms with Gasteiger partial charge in [-0.2, -0.15) is 0 Å². The highest BCUT2D eigenvalue weighted by Crippen LogP contribution is 2.32. The molecule has 1 heterocycles.